The molecule has 0 spiro atoms. The maximum Gasteiger partial charge on any atom is 0.336 e. The predicted molar refractivity (Wildman–Crippen MR) is 68.7 cm³/mol. The summed E-state index contributed by atoms with van der Waals surface area (Å²) in [5.74, 6) is -1.49. The van der Waals surface area contributed by atoms with Gasteiger partial charge < -0.3 is 10.0 Å². The highest BCUT2D eigenvalue weighted by molar-refractivity contribution is 6.04. The second-order valence-corrected chi connectivity index (χ2v) is 4.84. The molecule has 19 heavy (non-hydrogen) atoms. The zero-order chi connectivity index (χ0) is 13.6. The largest absolute Gasteiger partial charge is 0.478 e. The monoisotopic (exact) mass is 260 g/mol. The van der Waals surface area contributed by atoms with Gasteiger partial charge in [-0.1, -0.05) is 12.1 Å². The van der Waals surface area contributed by atoms with Crippen LogP contribution in [0.4, 0.5) is 4.39 Å². The van der Waals surface area contributed by atoms with Crippen molar-refractivity contribution < 1.29 is 14.3 Å². The summed E-state index contributed by atoms with van der Waals surface area (Å²) in [6.07, 6.45) is 0.649. The van der Waals surface area contributed by atoms with E-state index in [-0.39, 0.29) is 11.1 Å². The number of aromatic carboxylic acids is 1. The first kappa shape index (κ1) is 12.0. The summed E-state index contributed by atoms with van der Waals surface area (Å²) in [6, 6.07) is 4.44. The van der Waals surface area contributed by atoms with E-state index < -0.39 is 11.8 Å². The molecule has 1 aliphatic rings. The molecule has 98 valence electrons. The van der Waals surface area contributed by atoms with Crippen molar-refractivity contribution in [1.82, 2.24) is 9.88 Å². The third-order valence-electron chi connectivity index (χ3n) is 3.53. The number of hydrogen-bond acceptors (Lipinski definition) is 3. The summed E-state index contributed by atoms with van der Waals surface area (Å²) in [4.78, 5) is 17.9. The third-order valence-corrected chi connectivity index (χ3v) is 3.53. The molecule has 0 amide bonds. The summed E-state index contributed by atoms with van der Waals surface area (Å²) in [5, 5.41) is 9.82. The number of aromatic nitrogens is 1. The normalized spacial score (nSPS) is 15.5. The first-order chi connectivity index (χ1) is 9.08. The summed E-state index contributed by atoms with van der Waals surface area (Å²) < 4.78 is 13.8. The highest BCUT2D eigenvalue weighted by atomic mass is 19.1. The molecular weight excluding hydrogens is 247 g/mol. The lowest BCUT2D eigenvalue weighted by Crippen LogP contribution is -2.29. The molecule has 1 N–H and O–H groups in total. The Morgan fingerprint density at radius 2 is 2.26 bits per heavy atom. The lowest BCUT2D eigenvalue weighted by atomic mass is 9.96. The van der Waals surface area contributed by atoms with E-state index in [1.165, 1.54) is 12.1 Å². The van der Waals surface area contributed by atoms with Crippen molar-refractivity contribution in [2.45, 2.75) is 13.0 Å². The van der Waals surface area contributed by atoms with Gasteiger partial charge in [0.15, 0.2) is 0 Å². The van der Waals surface area contributed by atoms with Crippen molar-refractivity contribution in [3.05, 3.63) is 40.8 Å². The Balaban J connectivity index is 2.40. The molecular formula is C14H13FN2O2. The molecule has 1 aromatic carbocycles. The number of para-hydroxylation sites is 1. The first-order valence-corrected chi connectivity index (χ1v) is 6.09. The highest BCUT2D eigenvalue weighted by Gasteiger charge is 2.24. The molecule has 3 rings (SSSR count). The van der Waals surface area contributed by atoms with Crippen molar-refractivity contribution in [1.29, 1.82) is 0 Å². The zero-order valence-electron chi connectivity index (χ0n) is 10.5. The molecule has 0 saturated heterocycles. The van der Waals surface area contributed by atoms with Crippen molar-refractivity contribution in [3.63, 3.8) is 0 Å². The number of benzene rings is 1. The number of pyridine rings is 1. The van der Waals surface area contributed by atoms with E-state index >= 15 is 0 Å². The van der Waals surface area contributed by atoms with E-state index in [1.807, 2.05) is 11.9 Å². The average Bonchev–Trinajstić information content (AvgIpc) is 2.36. The molecule has 1 aromatic heterocycles. The number of carbonyl (C=O) groups is 1. The van der Waals surface area contributed by atoms with E-state index in [0.717, 1.165) is 6.54 Å². The van der Waals surface area contributed by atoms with Crippen LogP contribution in [0.1, 0.15) is 21.6 Å². The van der Waals surface area contributed by atoms with Gasteiger partial charge in [-0.3, -0.25) is 0 Å². The summed E-state index contributed by atoms with van der Waals surface area (Å²) in [6.45, 7) is 1.34. The van der Waals surface area contributed by atoms with E-state index in [1.54, 1.807) is 6.07 Å². The summed E-state index contributed by atoms with van der Waals surface area (Å²) in [7, 11) is 1.93. The molecule has 0 bridgehead atoms. The smallest absolute Gasteiger partial charge is 0.336 e. The number of nitrogens with zero attached hydrogens (tertiary/aromatic N) is 2. The third kappa shape index (κ3) is 1.86. The fraction of sp³-hybridized carbons (Fsp3) is 0.286. The van der Waals surface area contributed by atoms with Crippen LogP contribution in [0.3, 0.4) is 0 Å². The number of carboxylic acid groups (broad SMARTS) is 1. The van der Waals surface area contributed by atoms with E-state index in [2.05, 4.69) is 4.98 Å². The van der Waals surface area contributed by atoms with Gasteiger partial charge in [-0.2, -0.15) is 0 Å². The minimum absolute atomic E-state index is 0.156. The van der Waals surface area contributed by atoms with Crippen molar-refractivity contribution in [2.24, 2.45) is 0 Å². The Bertz CT molecular complexity index is 685. The second-order valence-electron chi connectivity index (χ2n) is 4.84. The molecule has 2 heterocycles. The van der Waals surface area contributed by atoms with E-state index in [0.29, 0.717) is 29.6 Å². The quantitative estimate of drug-likeness (QED) is 0.852. The molecule has 0 aliphatic carbocycles. The Kier molecular flexibility index (Phi) is 2.71. The van der Waals surface area contributed by atoms with Crippen LogP contribution in [0.2, 0.25) is 0 Å². The number of halogens is 1. The zero-order valence-corrected chi connectivity index (χ0v) is 10.5. The number of hydrogen-bond donors (Lipinski definition) is 1. The minimum Gasteiger partial charge on any atom is -0.478 e. The molecule has 0 saturated carbocycles. The summed E-state index contributed by atoms with van der Waals surface area (Å²) >= 11 is 0. The van der Waals surface area contributed by atoms with Crippen LogP contribution in [-0.2, 0) is 13.0 Å². The Morgan fingerprint density at radius 3 is 3.00 bits per heavy atom. The van der Waals surface area contributed by atoms with Gasteiger partial charge in [0.1, 0.15) is 11.3 Å². The van der Waals surface area contributed by atoms with Crippen LogP contribution < -0.4 is 0 Å². The molecule has 5 heteroatoms. The van der Waals surface area contributed by atoms with Gasteiger partial charge in [0, 0.05) is 36.2 Å². The molecule has 2 aromatic rings. The maximum absolute atomic E-state index is 13.8. The second kappa shape index (κ2) is 4.28. The number of carboxylic acids is 1. The van der Waals surface area contributed by atoms with Gasteiger partial charge in [-0.15, -0.1) is 0 Å². The maximum atomic E-state index is 13.8. The van der Waals surface area contributed by atoms with Gasteiger partial charge in [0.2, 0.25) is 0 Å². The topological polar surface area (TPSA) is 53.4 Å². The van der Waals surface area contributed by atoms with Crippen LogP contribution in [0.15, 0.2) is 18.2 Å². The number of fused-ring (bicyclic) bond motifs is 2. The fourth-order valence-corrected chi connectivity index (χ4v) is 2.61. The van der Waals surface area contributed by atoms with Gasteiger partial charge in [-0.05, 0) is 13.1 Å². The number of likely N-dealkylation sites (N-methyl/N-ethyl adjacent to an activating group) is 1. The molecule has 0 fully saturated rings. The average molecular weight is 260 g/mol. The van der Waals surface area contributed by atoms with Crippen molar-refractivity contribution in [2.75, 3.05) is 13.6 Å². The SMILES string of the molecule is CN1CCc2nc3c(F)cccc3c(C(=O)O)c2C1. The lowest BCUT2D eigenvalue weighted by Gasteiger charge is -2.26. The van der Waals surface area contributed by atoms with Crippen molar-refractivity contribution in [3.8, 4) is 0 Å². The van der Waals surface area contributed by atoms with Crippen LogP contribution in [0, 0.1) is 5.82 Å². The van der Waals surface area contributed by atoms with Crippen LogP contribution in [-0.4, -0.2) is 34.6 Å². The van der Waals surface area contributed by atoms with Crippen LogP contribution in [0.25, 0.3) is 10.9 Å². The Hall–Kier alpha value is -2.01. The Labute approximate surface area is 109 Å². The standard InChI is InChI=1S/C14H13FN2O2/c1-17-6-5-11-9(7-17)12(14(18)19)8-3-2-4-10(15)13(8)16-11/h2-4H,5-7H2,1H3,(H,18,19). The van der Waals surface area contributed by atoms with Crippen LogP contribution >= 0.6 is 0 Å². The lowest BCUT2D eigenvalue weighted by molar-refractivity contribution is 0.0696. The predicted octanol–water partition coefficient (Wildman–Crippen LogP) is 2.06. The van der Waals surface area contributed by atoms with Crippen LogP contribution in [0.5, 0.6) is 0 Å². The molecule has 0 radical (unpaired) electrons. The summed E-state index contributed by atoms with van der Waals surface area (Å²) in [5.41, 5.74) is 1.75. The van der Waals surface area contributed by atoms with Gasteiger partial charge >= 0.3 is 5.97 Å². The molecule has 1 aliphatic heterocycles. The number of rotatable bonds is 1. The van der Waals surface area contributed by atoms with E-state index in [9.17, 15) is 14.3 Å². The molecule has 4 nitrogen and oxygen atoms in total. The van der Waals surface area contributed by atoms with Gasteiger partial charge in [0.05, 0.1) is 5.56 Å². The van der Waals surface area contributed by atoms with Crippen molar-refractivity contribution >= 4 is 16.9 Å². The molecule has 0 unspecified atom stereocenters. The minimum atomic E-state index is -1.02. The fourth-order valence-electron chi connectivity index (χ4n) is 2.61. The Morgan fingerprint density at radius 1 is 1.47 bits per heavy atom. The first-order valence-electron chi connectivity index (χ1n) is 6.09. The molecule has 0 atom stereocenters. The highest BCUT2D eigenvalue weighted by Crippen LogP contribution is 2.28. The van der Waals surface area contributed by atoms with Gasteiger partial charge in [-0.25, -0.2) is 14.2 Å². The van der Waals surface area contributed by atoms with E-state index in [4.69, 9.17) is 0 Å². The van der Waals surface area contributed by atoms with Gasteiger partial charge in [0.25, 0.3) is 0 Å².